The van der Waals surface area contributed by atoms with Crippen LogP contribution in [0.1, 0.15) is 41.7 Å². The van der Waals surface area contributed by atoms with Crippen molar-refractivity contribution in [2.75, 3.05) is 4.90 Å². The van der Waals surface area contributed by atoms with Crippen LogP contribution in [0.4, 0.5) is 10.1 Å². The second-order valence-electron chi connectivity index (χ2n) is 10.9. The summed E-state index contributed by atoms with van der Waals surface area (Å²) in [5, 5.41) is 59.1. The molecule has 2 aliphatic heterocycles. The lowest BCUT2D eigenvalue weighted by Gasteiger charge is -2.48. The molecule has 12 nitrogen and oxygen atoms in total. The molecule has 13 heteroatoms. The van der Waals surface area contributed by atoms with E-state index in [2.05, 4.69) is 5.92 Å². The number of carbonyl (C=O) groups is 3. The van der Waals surface area contributed by atoms with Crippen molar-refractivity contribution in [3.8, 4) is 17.6 Å². The highest BCUT2D eigenvalue weighted by Gasteiger charge is 2.49. The molecule has 1 amide bonds. The Hall–Kier alpha value is -4.84. The van der Waals surface area contributed by atoms with Gasteiger partial charge in [-0.1, -0.05) is 30.2 Å². The molecule has 1 unspecified atom stereocenters. The van der Waals surface area contributed by atoms with Gasteiger partial charge in [0, 0.05) is 17.2 Å². The minimum atomic E-state index is -1.87. The summed E-state index contributed by atoms with van der Waals surface area (Å²) >= 11 is 0. The molecule has 240 valence electrons. The van der Waals surface area contributed by atoms with Crippen molar-refractivity contribution in [1.29, 1.82) is 0 Å². The van der Waals surface area contributed by atoms with Gasteiger partial charge in [0.1, 0.15) is 29.9 Å². The van der Waals surface area contributed by atoms with Crippen molar-refractivity contribution in [3.05, 3.63) is 95.3 Å². The molecule has 0 aromatic heterocycles. The van der Waals surface area contributed by atoms with Crippen LogP contribution < -0.4 is 9.64 Å². The minimum absolute atomic E-state index is 0.141. The maximum atomic E-state index is 13.5. The molecule has 3 aromatic rings. The van der Waals surface area contributed by atoms with Crippen LogP contribution >= 0.6 is 0 Å². The lowest BCUT2D eigenvalue weighted by Crippen LogP contribution is -2.61. The summed E-state index contributed by atoms with van der Waals surface area (Å²) in [6.07, 6.45) is -9.30. The fourth-order valence-corrected chi connectivity index (χ4v) is 5.55. The molecule has 5 rings (SSSR count). The number of hydrogen-bond acceptors (Lipinski definition) is 9. The Morgan fingerprint density at radius 2 is 1.57 bits per heavy atom. The molecule has 2 aliphatic rings. The summed E-state index contributed by atoms with van der Waals surface area (Å²) in [6.45, 7) is 0. The summed E-state index contributed by atoms with van der Waals surface area (Å²) in [4.78, 5) is 37.2. The number of rotatable bonds is 9. The van der Waals surface area contributed by atoms with Crippen LogP contribution in [0, 0.1) is 23.6 Å². The third-order valence-corrected chi connectivity index (χ3v) is 7.97. The fourth-order valence-electron chi connectivity index (χ4n) is 5.55. The van der Waals surface area contributed by atoms with E-state index < -0.39 is 66.5 Å². The average Bonchev–Trinajstić information content (AvgIpc) is 3.04. The third kappa shape index (κ3) is 6.86. The number of aliphatic hydroxyl groups excluding tert-OH is 4. The Morgan fingerprint density at radius 1 is 0.913 bits per heavy atom. The number of aliphatic carboxylic acids is 2. The number of nitrogens with zero attached hydrogens (tertiary/aromatic N) is 1. The summed E-state index contributed by atoms with van der Waals surface area (Å²) in [5.41, 5.74) is 2.14. The first-order valence-corrected chi connectivity index (χ1v) is 14.2. The molecule has 0 saturated carbocycles. The third-order valence-electron chi connectivity index (χ3n) is 7.97. The van der Waals surface area contributed by atoms with Gasteiger partial charge in [-0.05, 0) is 72.5 Å². The van der Waals surface area contributed by atoms with Crippen molar-refractivity contribution in [2.45, 2.75) is 55.7 Å². The van der Waals surface area contributed by atoms with Crippen LogP contribution in [-0.4, -0.2) is 79.2 Å². The molecular formula is C33H30FNO11. The van der Waals surface area contributed by atoms with Crippen LogP contribution in [0.25, 0.3) is 0 Å². The zero-order chi connectivity index (χ0) is 33.1. The number of carboxylic acid groups (broad SMARTS) is 2. The van der Waals surface area contributed by atoms with Gasteiger partial charge in [0.25, 0.3) is 0 Å². The van der Waals surface area contributed by atoms with Crippen molar-refractivity contribution in [3.63, 3.8) is 0 Å². The predicted octanol–water partition coefficient (Wildman–Crippen LogP) is 1.75. The van der Waals surface area contributed by atoms with E-state index in [1.54, 1.807) is 41.3 Å². The van der Waals surface area contributed by atoms with Crippen LogP contribution in [0.5, 0.6) is 5.75 Å². The summed E-state index contributed by atoms with van der Waals surface area (Å²) in [5.74, 6) is 0.655. The lowest BCUT2D eigenvalue weighted by atomic mass is 9.78. The van der Waals surface area contributed by atoms with Gasteiger partial charge in [0.2, 0.25) is 12.2 Å². The lowest BCUT2D eigenvalue weighted by molar-refractivity contribution is -0.271. The maximum Gasteiger partial charge on any atom is 0.382 e. The molecule has 0 radical (unpaired) electrons. The Kier molecular flexibility index (Phi) is 9.66. The van der Waals surface area contributed by atoms with Crippen molar-refractivity contribution >= 4 is 23.5 Å². The number of halogens is 1. The van der Waals surface area contributed by atoms with E-state index in [4.69, 9.17) is 14.6 Å². The van der Waals surface area contributed by atoms with Gasteiger partial charge in [-0.15, -0.1) is 0 Å². The molecule has 3 aromatic carbocycles. The predicted molar refractivity (Wildman–Crippen MR) is 157 cm³/mol. The molecule has 0 spiro atoms. The second kappa shape index (κ2) is 13.7. The largest absolute Gasteiger partial charge is 0.479 e. The smallest absolute Gasteiger partial charge is 0.382 e. The van der Waals surface area contributed by atoms with Gasteiger partial charge in [0.15, 0.2) is 6.10 Å². The number of anilines is 1. The number of amides is 1. The molecule has 2 saturated heterocycles. The highest BCUT2D eigenvalue weighted by molar-refractivity contribution is 6.03. The standard InChI is InChI=1S/C33H30FNO11/c34-20-8-4-18(5-9-20)24(36)15-14-23-26(35(31(23)42)21-10-1-17(2-11-21)3-16-25(37)38)19-6-12-22(13-7-19)45-33-29(41)27(39)28(40)30(46-33)32(43)44/h1-2,4-13,23-24,26-30,33,36,39-41H,14-15H2,(H,37,38)(H,43,44)/t23-,24+,26?,27+,28+,29-,30+,33-/m1/s1. The first-order valence-electron chi connectivity index (χ1n) is 14.2. The van der Waals surface area contributed by atoms with E-state index in [1.807, 2.05) is 5.92 Å². The van der Waals surface area contributed by atoms with Gasteiger partial charge in [-0.2, -0.15) is 0 Å². The van der Waals surface area contributed by atoms with Crippen molar-refractivity contribution in [1.82, 2.24) is 0 Å². The van der Waals surface area contributed by atoms with Gasteiger partial charge in [0.05, 0.1) is 18.1 Å². The molecular weight excluding hydrogens is 605 g/mol. The highest BCUT2D eigenvalue weighted by Crippen LogP contribution is 2.46. The average molecular weight is 636 g/mol. The van der Waals surface area contributed by atoms with E-state index in [1.165, 1.54) is 36.4 Å². The number of carbonyl (C=O) groups excluding carboxylic acids is 1. The molecule has 46 heavy (non-hydrogen) atoms. The highest BCUT2D eigenvalue weighted by atomic mass is 19.1. The Balaban J connectivity index is 1.36. The van der Waals surface area contributed by atoms with Crippen molar-refractivity contribution < 1.29 is 58.9 Å². The van der Waals surface area contributed by atoms with E-state index in [0.717, 1.165) is 0 Å². The normalized spacial score (nSPS) is 26.3. The first kappa shape index (κ1) is 32.6. The van der Waals surface area contributed by atoms with Crippen LogP contribution in [-0.2, 0) is 19.1 Å². The van der Waals surface area contributed by atoms with Gasteiger partial charge < -0.3 is 45.0 Å². The summed E-state index contributed by atoms with van der Waals surface area (Å²) in [7, 11) is 0. The van der Waals surface area contributed by atoms with E-state index in [0.29, 0.717) is 22.4 Å². The number of aliphatic hydroxyl groups is 4. The summed E-state index contributed by atoms with van der Waals surface area (Å²) < 4.78 is 24.1. The van der Waals surface area contributed by atoms with Gasteiger partial charge in [-0.3, -0.25) is 4.79 Å². The topological polar surface area (TPSA) is 194 Å². The molecule has 8 atom stereocenters. The number of ether oxygens (including phenoxy) is 2. The zero-order valence-corrected chi connectivity index (χ0v) is 24.0. The van der Waals surface area contributed by atoms with Crippen LogP contribution in [0.15, 0.2) is 72.8 Å². The Bertz CT molecular complexity index is 1640. The SMILES string of the molecule is O=C(O)C#Cc1ccc(N2C(=O)[C@H](CC[C@H](O)c3ccc(F)cc3)C2c2ccc(O[C@@H]3O[C@H](C(=O)O)[C@@H](O)[C@H](O)[C@H]3O)cc2)cc1. The first-order chi connectivity index (χ1) is 21.9. The van der Waals surface area contributed by atoms with Crippen LogP contribution in [0.3, 0.4) is 0 Å². The second-order valence-corrected chi connectivity index (χ2v) is 10.9. The molecule has 2 fully saturated rings. The number of carboxylic acids is 2. The maximum absolute atomic E-state index is 13.5. The van der Waals surface area contributed by atoms with E-state index >= 15 is 0 Å². The molecule has 0 bridgehead atoms. The minimum Gasteiger partial charge on any atom is -0.479 e. The van der Waals surface area contributed by atoms with Gasteiger partial charge >= 0.3 is 11.9 Å². The quantitative estimate of drug-likeness (QED) is 0.148. The molecule has 6 N–H and O–H groups in total. The molecule has 0 aliphatic carbocycles. The Labute approximate surface area is 261 Å². The number of β-lactam (4-membered cyclic amide) rings is 1. The van der Waals surface area contributed by atoms with E-state index in [-0.39, 0.29) is 24.5 Å². The monoisotopic (exact) mass is 635 g/mol. The zero-order valence-electron chi connectivity index (χ0n) is 24.0. The van der Waals surface area contributed by atoms with Crippen LogP contribution in [0.2, 0.25) is 0 Å². The summed E-state index contributed by atoms with van der Waals surface area (Å²) in [6, 6.07) is 17.7. The van der Waals surface area contributed by atoms with E-state index in [9.17, 15) is 44.3 Å². The molecule has 2 heterocycles. The Morgan fingerprint density at radius 3 is 2.17 bits per heavy atom. The number of hydrogen-bond donors (Lipinski definition) is 6. The van der Waals surface area contributed by atoms with Gasteiger partial charge in [-0.25, -0.2) is 14.0 Å². The van der Waals surface area contributed by atoms with Crippen molar-refractivity contribution in [2.24, 2.45) is 5.92 Å². The number of benzene rings is 3. The fraction of sp³-hybridized carbons (Fsp3) is 0.303.